The van der Waals surface area contributed by atoms with Crippen molar-refractivity contribution in [3.63, 3.8) is 0 Å². The van der Waals surface area contributed by atoms with Gasteiger partial charge >= 0.3 is 0 Å². The van der Waals surface area contributed by atoms with E-state index in [0.717, 1.165) is 11.6 Å². The summed E-state index contributed by atoms with van der Waals surface area (Å²) in [6, 6.07) is 1.06. The molecule has 18 heavy (non-hydrogen) atoms. The first-order valence-corrected chi connectivity index (χ1v) is 7.13. The highest BCUT2D eigenvalue weighted by molar-refractivity contribution is 5.99. The van der Waals surface area contributed by atoms with Gasteiger partial charge in [0.1, 0.15) is 0 Å². The van der Waals surface area contributed by atoms with Crippen LogP contribution in [0.15, 0.2) is 29.9 Å². The Labute approximate surface area is 112 Å². The highest BCUT2D eigenvalue weighted by Crippen LogP contribution is 2.27. The molecule has 2 heteroatoms. The van der Waals surface area contributed by atoms with Crippen LogP contribution in [0.5, 0.6) is 0 Å². The maximum atomic E-state index is 4.40. The Hall–Kier alpha value is -0.890. The molecular weight excluding hydrogens is 220 g/mol. The number of hydrogen-bond acceptors (Lipinski definition) is 2. The summed E-state index contributed by atoms with van der Waals surface area (Å²) in [4.78, 5) is 6.88. The van der Waals surface area contributed by atoms with Crippen molar-refractivity contribution in [2.45, 2.75) is 58.5 Å². The van der Waals surface area contributed by atoms with Crippen molar-refractivity contribution >= 4 is 5.71 Å². The lowest BCUT2D eigenvalue weighted by atomic mass is 9.86. The van der Waals surface area contributed by atoms with Crippen molar-refractivity contribution in [2.75, 3.05) is 7.05 Å². The first-order chi connectivity index (χ1) is 8.60. The monoisotopic (exact) mass is 248 g/mol. The van der Waals surface area contributed by atoms with Crippen LogP contribution in [0.4, 0.5) is 0 Å². The summed E-state index contributed by atoms with van der Waals surface area (Å²) in [7, 11) is 2.23. The molecule has 102 valence electrons. The second-order valence-electron chi connectivity index (χ2n) is 5.49. The van der Waals surface area contributed by atoms with E-state index >= 15 is 0 Å². The lowest BCUT2D eigenvalue weighted by molar-refractivity contribution is 0.158. The van der Waals surface area contributed by atoms with Gasteiger partial charge in [0.2, 0.25) is 0 Å². The predicted molar refractivity (Wildman–Crippen MR) is 81.1 cm³/mol. The van der Waals surface area contributed by atoms with Gasteiger partial charge in [-0.15, -0.1) is 0 Å². The highest BCUT2D eigenvalue weighted by Gasteiger charge is 2.25. The van der Waals surface area contributed by atoms with Crippen molar-refractivity contribution in [1.29, 1.82) is 0 Å². The Kier molecular flexibility index (Phi) is 6.34. The molecule has 1 fully saturated rings. The van der Waals surface area contributed by atoms with Gasteiger partial charge in [0.15, 0.2) is 0 Å². The second-order valence-corrected chi connectivity index (χ2v) is 5.49. The lowest BCUT2D eigenvalue weighted by Crippen LogP contribution is -2.44. The number of allylic oxidation sites excluding steroid dienone is 1. The number of hydrogen-bond donors (Lipinski definition) is 0. The fourth-order valence-corrected chi connectivity index (χ4v) is 2.74. The second kappa shape index (κ2) is 7.52. The smallest absolute Gasteiger partial charge is 0.0569 e. The molecule has 1 aliphatic rings. The third-order valence-electron chi connectivity index (χ3n) is 4.18. The molecule has 0 amide bonds. The molecule has 0 aromatic heterocycles. The fourth-order valence-electron chi connectivity index (χ4n) is 2.74. The van der Waals surface area contributed by atoms with Crippen LogP contribution >= 0.6 is 0 Å². The Balaban J connectivity index is 2.66. The topological polar surface area (TPSA) is 15.6 Å². The average Bonchev–Trinajstić information content (AvgIpc) is 2.38. The Bertz CT molecular complexity index is 309. The summed E-state index contributed by atoms with van der Waals surface area (Å²) in [6.45, 7) is 10.3. The first-order valence-electron chi connectivity index (χ1n) is 7.13. The standard InChI is InChI=1S/C16H28N2/c1-6-8-16(17-7-2)14(4)18(5)15-11-9-13(3)10-12-15/h6-8,13-15H,2,9-12H2,1,3-5H3/b8-6-,17-16?. The van der Waals surface area contributed by atoms with Gasteiger partial charge < -0.3 is 0 Å². The van der Waals surface area contributed by atoms with Gasteiger partial charge in [0.05, 0.1) is 5.71 Å². The van der Waals surface area contributed by atoms with E-state index in [9.17, 15) is 0 Å². The Morgan fingerprint density at radius 2 is 1.94 bits per heavy atom. The molecule has 0 spiro atoms. The van der Waals surface area contributed by atoms with E-state index in [4.69, 9.17) is 0 Å². The zero-order valence-corrected chi connectivity index (χ0v) is 12.4. The molecule has 2 nitrogen and oxygen atoms in total. The molecule has 1 aliphatic carbocycles. The number of rotatable bonds is 5. The third-order valence-corrected chi connectivity index (χ3v) is 4.18. The maximum Gasteiger partial charge on any atom is 0.0569 e. The van der Waals surface area contributed by atoms with Crippen molar-refractivity contribution < 1.29 is 0 Å². The molecule has 0 radical (unpaired) electrons. The summed E-state index contributed by atoms with van der Waals surface area (Å²) in [5, 5.41) is 0. The quantitative estimate of drug-likeness (QED) is 0.670. The number of nitrogens with zero attached hydrogens (tertiary/aromatic N) is 2. The van der Waals surface area contributed by atoms with Gasteiger partial charge in [-0.1, -0.05) is 19.6 Å². The molecular formula is C16H28N2. The van der Waals surface area contributed by atoms with Gasteiger partial charge in [-0.3, -0.25) is 9.89 Å². The summed E-state index contributed by atoms with van der Waals surface area (Å²) in [6.07, 6.45) is 11.1. The van der Waals surface area contributed by atoms with E-state index < -0.39 is 0 Å². The van der Waals surface area contributed by atoms with Gasteiger partial charge in [0.25, 0.3) is 0 Å². The van der Waals surface area contributed by atoms with E-state index in [1.807, 2.05) is 6.92 Å². The van der Waals surface area contributed by atoms with Crippen molar-refractivity contribution in [3.05, 3.63) is 24.9 Å². The Morgan fingerprint density at radius 3 is 2.44 bits per heavy atom. The molecule has 0 aromatic rings. The fraction of sp³-hybridized carbons (Fsp3) is 0.688. The van der Waals surface area contributed by atoms with Gasteiger partial charge in [-0.05, 0) is 58.6 Å². The minimum Gasteiger partial charge on any atom is -0.295 e. The van der Waals surface area contributed by atoms with Crippen LogP contribution in [0, 0.1) is 5.92 Å². The minimum atomic E-state index is 0.359. The molecule has 0 bridgehead atoms. The summed E-state index contributed by atoms with van der Waals surface area (Å²) in [5.41, 5.74) is 1.11. The van der Waals surface area contributed by atoms with Crippen LogP contribution in [0.25, 0.3) is 0 Å². The maximum absolute atomic E-state index is 4.40. The molecule has 0 aliphatic heterocycles. The molecule has 1 atom stereocenters. The predicted octanol–water partition coefficient (Wildman–Crippen LogP) is 4.05. The lowest BCUT2D eigenvalue weighted by Gasteiger charge is -2.37. The van der Waals surface area contributed by atoms with Gasteiger partial charge in [0, 0.05) is 18.3 Å². The SMILES string of the molecule is C=CN=C(/C=C\C)C(C)N(C)C1CCC(C)CC1. The van der Waals surface area contributed by atoms with Crippen LogP contribution in [0.3, 0.4) is 0 Å². The van der Waals surface area contributed by atoms with E-state index in [1.165, 1.54) is 25.7 Å². The average molecular weight is 248 g/mol. The summed E-state index contributed by atoms with van der Waals surface area (Å²) in [5.74, 6) is 0.904. The van der Waals surface area contributed by atoms with Gasteiger partial charge in [-0.2, -0.15) is 0 Å². The zero-order chi connectivity index (χ0) is 13.5. The van der Waals surface area contributed by atoms with E-state index in [2.05, 4.69) is 49.5 Å². The van der Waals surface area contributed by atoms with Crippen molar-refractivity contribution in [2.24, 2.45) is 10.9 Å². The minimum absolute atomic E-state index is 0.359. The highest BCUT2D eigenvalue weighted by atomic mass is 15.2. The molecule has 1 unspecified atom stereocenters. The summed E-state index contributed by atoms with van der Waals surface area (Å²) >= 11 is 0. The Morgan fingerprint density at radius 1 is 1.33 bits per heavy atom. The van der Waals surface area contributed by atoms with E-state index in [0.29, 0.717) is 12.1 Å². The van der Waals surface area contributed by atoms with Crippen LogP contribution < -0.4 is 0 Å². The zero-order valence-electron chi connectivity index (χ0n) is 12.4. The largest absolute Gasteiger partial charge is 0.295 e. The van der Waals surface area contributed by atoms with Crippen LogP contribution in [-0.4, -0.2) is 29.7 Å². The van der Waals surface area contributed by atoms with Crippen molar-refractivity contribution in [1.82, 2.24) is 4.90 Å². The molecule has 1 saturated carbocycles. The normalized spacial score (nSPS) is 27.7. The van der Waals surface area contributed by atoms with Crippen LogP contribution in [-0.2, 0) is 0 Å². The molecule has 0 heterocycles. The summed E-state index contributed by atoms with van der Waals surface area (Å²) < 4.78 is 0. The van der Waals surface area contributed by atoms with Crippen LogP contribution in [0.1, 0.15) is 46.5 Å². The molecule has 0 saturated heterocycles. The first kappa shape index (κ1) is 15.2. The van der Waals surface area contributed by atoms with Crippen molar-refractivity contribution in [3.8, 4) is 0 Å². The molecule has 0 aromatic carbocycles. The number of aliphatic imine (C=N–C) groups is 1. The van der Waals surface area contributed by atoms with E-state index in [-0.39, 0.29) is 0 Å². The molecule has 0 N–H and O–H groups in total. The van der Waals surface area contributed by atoms with Gasteiger partial charge in [-0.25, -0.2) is 0 Å². The molecule has 1 rings (SSSR count). The van der Waals surface area contributed by atoms with Crippen LogP contribution in [0.2, 0.25) is 0 Å². The van der Waals surface area contributed by atoms with E-state index in [1.54, 1.807) is 6.20 Å². The third kappa shape index (κ3) is 4.09.